The minimum absolute atomic E-state index is 0.660. The molecule has 2 nitrogen and oxygen atoms in total. The van der Waals surface area contributed by atoms with Crippen molar-refractivity contribution in [1.29, 1.82) is 0 Å². The van der Waals surface area contributed by atoms with Gasteiger partial charge < -0.3 is 9.47 Å². The maximum atomic E-state index is 5.95. The number of hydrogen-bond donors (Lipinski definition) is 0. The van der Waals surface area contributed by atoms with Gasteiger partial charge in [0, 0.05) is 0 Å². The zero-order valence-electron chi connectivity index (χ0n) is 12.1. The molecule has 0 N–H and O–H groups in total. The Bertz CT molecular complexity index is 749. The molecule has 0 spiro atoms. The quantitative estimate of drug-likeness (QED) is 0.580. The van der Waals surface area contributed by atoms with E-state index in [9.17, 15) is 0 Å². The molecule has 0 saturated carbocycles. The molecule has 3 aromatic rings. The van der Waals surface area contributed by atoms with Gasteiger partial charge in [-0.1, -0.05) is 55.1 Å². The van der Waals surface area contributed by atoms with Crippen molar-refractivity contribution in [3.63, 3.8) is 0 Å². The van der Waals surface area contributed by atoms with Crippen LogP contribution in [0.25, 0.3) is 6.08 Å². The number of rotatable bonds is 5. The van der Waals surface area contributed by atoms with Crippen molar-refractivity contribution in [3.05, 3.63) is 91.0 Å². The van der Waals surface area contributed by atoms with E-state index in [1.165, 1.54) is 0 Å². The Kier molecular flexibility index (Phi) is 4.21. The average Bonchev–Trinajstić information content (AvgIpc) is 2.58. The predicted octanol–water partition coefficient (Wildman–Crippen LogP) is 5.91. The molecule has 0 unspecified atom stereocenters. The number of para-hydroxylation sites is 2. The normalized spacial score (nSPS) is 10.0. The van der Waals surface area contributed by atoms with Gasteiger partial charge >= 0.3 is 0 Å². The van der Waals surface area contributed by atoms with Crippen molar-refractivity contribution < 1.29 is 9.47 Å². The summed E-state index contributed by atoms with van der Waals surface area (Å²) in [5, 5.41) is 0. The van der Waals surface area contributed by atoms with Gasteiger partial charge in [-0.3, -0.25) is 0 Å². The molecule has 0 bridgehead atoms. The van der Waals surface area contributed by atoms with E-state index in [0.717, 1.165) is 17.1 Å². The summed E-state index contributed by atoms with van der Waals surface area (Å²) in [4.78, 5) is 0. The SMILES string of the molecule is C=Cc1ccc(Oc2ccccc2)c(Oc2ccccc2)c1. The van der Waals surface area contributed by atoms with Gasteiger partial charge in [0.1, 0.15) is 11.5 Å². The van der Waals surface area contributed by atoms with Gasteiger partial charge in [0.2, 0.25) is 0 Å². The molecular weight excluding hydrogens is 272 g/mol. The third-order valence-electron chi connectivity index (χ3n) is 3.15. The lowest BCUT2D eigenvalue weighted by molar-refractivity contribution is 0.418. The van der Waals surface area contributed by atoms with Crippen LogP contribution in [0, 0.1) is 0 Å². The van der Waals surface area contributed by atoms with Crippen LogP contribution in [0.5, 0.6) is 23.0 Å². The van der Waals surface area contributed by atoms with Crippen LogP contribution in [0.3, 0.4) is 0 Å². The Morgan fingerprint density at radius 1 is 0.636 bits per heavy atom. The molecule has 0 aliphatic rings. The molecule has 0 saturated heterocycles. The van der Waals surface area contributed by atoms with E-state index in [1.807, 2.05) is 78.9 Å². The summed E-state index contributed by atoms with van der Waals surface area (Å²) in [5.74, 6) is 2.86. The highest BCUT2D eigenvalue weighted by Crippen LogP contribution is 2.35. The first-order chi connectivity index (χ1) is 10.8. The second-order valence-electron chi connectivity index (χ2n) is 4.74. The van der Waals surface area contributed by atoms with E-state index >= 15 is 0 Å². The number of ether oxygens (including phenoxy) is 2. The van der Waals surface area contributed by atoms with Crippen LogP contribution in [0.2, 0.25) is 0 Å². The third kappa shape index (κ3) is 3.36. The molecule has 3 aromatic carbocycles. The molecule has 3 rings (SSSR count). The first-order valence-electron chi connectivity index (χ1n) is 7.07. The van der Waals surface area contributed by atoms with E-state index in [4.69, 9.17) is 9.47 Å². The average molecular weight is 288 g/mol. The fraction of sp³-hybridized carbons (Fsp3) is 0. The largest absolute Gasteiger partial charge is 0.453 e. The lowest BCUT2D eigenvalue weighted by Crippen LogP contribution is -1.91. The summed E-state index contributed by atoms with van der Waals surface area (Å²) in [6.07, 6.45) is 1.78. The van der Waals surface area contributed by atoms with E-state index < -0.39 is 0 Å². The molecule has 0 fully saturated rings. The highest BCUT2D eigenvalue weighted by atomic mass is 16.5. The molecule has 0 heterocycles. The van der Waals surface area contributed by atoms with E-state index in [2.05, 4.69) is 6.58 Å². The molecule has 0 aliphatic heterocycles. The van der Waals surface area contributed by atoms with E-state index in [1.54, 1.807) is 6.08 Å². The maximum Gasteiger partial charge on any atom is 0.170 e. The Balaban J connectivity index is 1.93. The molecule has 22 heavy (non-hydrogen) atoms. The van der Waals surface area contributed by atoms with Gasteiger partial charge in [-0.2, -0.15) is 0 Å². The molecule has 0 aliphatic carbocycles. The third-order valence-corrected chi connectivity index (χ3v) is 3.15. The van der Waals surface area contributed by atoms with Crippen LogP contribution < -0.4 is 9.47 Å². The molecule has 2 heteroatoms. The van der Waals surface area contributed by atoms with Crippen LogP contribution >= 0.6 is 0 Å². The number of hydrogen-bond acceptors (Lipinski definition) is 2. The second-order valence-corrected chi connectivity index (χ2v) is 4.74. The summed E-state index contributed by atoms with van der Waals surface area (Å²) in [6.45, 7) is 3.80. The molecule has 0 atom stereocenters. The van der Waals surface area contributed by atoms with Crippen LogP contribution in [0.1, 0.15) is 5.56 Å². The Labute approximate surface area is 130 Å². The fourth-order valence-corrected chi connectivity index (χ4v) is 2.05. The Hall–Kier alpha value is -3.00. The number of benzene rings is 3. The zero-order valence-corrected chi connectivity index (χ0v) is 12.1. The highest BCUT2D eigenvalue weighted by molar-refractivity contribution is 5.56. The summed E-state index contributed by atoms with van der Waals surface area (Å²) >= 11 is 0. The first kappa shape index (κ1) is 14.0. The van der Waals surface area contributed by atoms with Crippen LogP contribution in [0.4, 0.5) is 0 Å². The van der Waals surface area contributed by atoms with E-state index in [-0.39, 0.29) is 0 Å². The second kappa shape index (κ2) is 6.64. The smallest absolute Gasteiger partial charge is 0.170 e. The predicted molar refractivity (Wildman–Crippen MR) is 89.6 cm³/mol. The first-order valence-corrected chi connectivity index (χ1v) is 7.07. The summed E-state index contributed by atoms with van der Waals surface area (Å²) in [5.41, 5.74) is 0.978. The summed E-state index contributed by atoms with van der Waals surface area (Å²) in [6, 6.07) is 25.0. The molecule has 108 valence electrons. The van der Waals surface area contributed by atoms with Crippen molar-refractivity contribution in [3.8, 4) is 23.0 Å². The lowest BCUT2D eigenvalue weighted by Gasteiger charge is -2.13. The minimum atomic E-state index is 0.660. The maximum absolute atomic E-state index is 5.95. The van der Waals surface area contributed by atoms with Crippen molar-refractivity contribution in [2.24, 2.45) is 0 Å². The standard InChI is InChI=1S/C20H16O2/c1-2-16-13-14-19(21-17-9-5-3-6-10-17)20(15-16)22-18-11-7-4-8-12-18/h2-15H,1H2. The minimum Gasteiger partial charge on any atom is -0.453 e. The molecule has 0 aromatic heterocycles. The van der Waals surface area contributed by atoms with Gasteiger partial charge in [-0.15, -0.1) is 0 Å². The van der Waals surface area contributed by atoms with Crippen molar-refractivity contribution in [1.82, 2.24) is 0 Å². The topological polar surface area (TPSA) is 18.5 Å². The van der Waals surface area contributed by atoms with Crippen molar-refractivity contribution in [2.75, 3.05) is 0 Å². The van der Waals surface area contributed by atoms with Crippen molar-refractivity contribution >= 4 is 6.08 Å². The van der Waals surface area contributed by atoms with Gasteiger partial charge in [0.25, 0.3) is 0 Å². The van der Waals surface area contributed by atoms with Crippen LogP contribution in [0.15, 0.2) is 85.4 Å². The summed E-state index contributed by atoms with van der Waals surface area (Å²) in [7, 11) is 0. The van der Waals surface area contributed by atoms with Gasteiger partial charge in [-0.05, 0) is 42.0 Å². The zero-order chi connectivity index (χ0) is 15.2. The summed E-state index contributed by atoms with van der Waals surface area (Å²) < 4.78 is 11.9. The Morgan fingerprint density at radius 3 is 1.73 bits per heavy atom. The lowest BCUT2D eigenvalue weighted by atomic mass is 10.2. The Morgan fingerprint density at radius 2 is 1.18 bits per heavy atom. The van der Waals surface area contributed by atoms with Crippen molar-refractivity contribution in [2.45, 2.75) is 0 Å². The van der Waals surface area contributed by atoms with Gasteiger partial charge in [0.15, 0.2) is 11.5 Å². The fourth-order valence-electron chi connectivity index (χ4n) is 2.05. The monoisotopic (exact) mass is 288 g/mol. The van der Waals surface area contributed by atoms with Crippen LogP contribution in [-0.4, -0.2) is 0 Å². The molecule has 0 radical (unpaired) electrons. The van der Waals surface area contributed by atoms with Gasteiger partial charge in [-0.25, -0.2) is 0 Å². The van der Waals surface area contributed by atoms with E-state index in [0.29, 0.717) is 11.5 Å². The highest BCUT2D eigenvalue weighted by Gasteiger charge is 2.08. The van der Waals surface area contributed by atoms with Gasteiger partial charge in [0.05, 0.1) is 0 Å². The molecular formula is C20H16O2. The molecule has 0 amide bonds. The van der Waals surface area contributed by atoms with Crippen LogP contribution in [-0.2, 0) is 0 Å².